The second-order valence-electron chi connectivity index (χ2n) is 5.66. The number of anilines is 1. The number of carbonyl (C=O) groups is 1. The molecule has 0 unspecified atom stereocenters. The monoisotopic (exact) mass is 333 g/mol. The maximum Gasteiger partial charge on any atom is 0.221 e. The maximum atomic E-state index is 12.0. The van der Waals surface area contributed by atoms with E-state index < -0.39 is 0 Å². The van der Waals surface area contributed by atoms with Crippen molar-refractivity contribution in [2.45, 2.75) is 18.9 Å². The number of phenolic OH excluding ortho intramolecular Hbond substituents is 1. The molecule has 23 heavy (non-hydrogen) atoms. The van der Waals surface area contributed by atoms with Crippen LogP contribution in [0.1, 0.15) is 28.5 Å². The third kappa shape index (κ3) is 2.96. The van der Waals surface area contributed by atoms with Crippen molar-refractivity contribution in [3.63, 3.8) is 0 Å². The molecule has 0 saturated carbocycles. The van der Waals surface area contributed by atoms with E-state index in [0.29, 0.717) is 18.7 Å². The molecule has 0 aliphatic carbocycles. The molecule has 2 aromatic rings. The fourth-order valence-electron chi connectivity index (χ4n) is 2.67. The minimum absolute atomic E-state index is 0.0400. The summed E-state index contributed by atoms with van der Waals surface area (Å²) in [6.07, 6.45) is 0.294. The first-order chi connectivity index (χ1) is 11.0. The van der Waals surface area contributed by atoms with Crippen molar-refractivity contribution in [3.05, 3.63) is 34.3 Å². The molecule has 0 spiro atoms. The Morgan fingerprint density at radius 2 is 2.22 bits per heavy atom. The molecule has 1 atom stereocenters. The lowest BCUT2D eigenvalue weighted by molar-refractivity contribution is -0.121. The molecule has 3 rings (SSSR count). The fourth-order valence-corrected chi connectivity index (χ4v) is 3.79. The van der Waals surface area contributed by atoms with E-state index in [-0.39, 0.29) is 17.6 Å². The number of fused-ring (bicyclic) bond motifs is 1. The molecule has 1 aliphatic heterocycles. The van der Waals surface area contributed by atoms with E-state index in [2.05, 4.69) is 10.3 Å². The van der Waals surface area contributed by atoms with Crippen LogP contribution in [0.2, 0.25) is 0 Å². The van der Waals surface area contributed by atoms with E-state index >= 15 is 0 Å². The number of aromatic hydroxyl groups is 1. The third-order valence-electron chi connectivity index (χ3n) is 3.87. The summed E-state index contributed by atoms with van der Waals surface area (Å²) in [6.45, 7) is 0.423. The topological polar surface area (TPSA) is 74.7 Å². The van der Waals surface area contributed by atoms with Crippen molar-refractivity contribution in [1.29, 1.82) is 0 Å². The quantitative estimate of drug-likeness (QED) is 0.899. The molecule has 1 aromatic heterocycles. The van der Waals surface area contributed by atoms with E-state index in [0.717, 1.165) is 21.3 Å². The van der Waals surface area contributed by atoms with Gasteiger partial charge in [-0.05, 0) is 6.07 Å². The summed E-state index contributed by atoms with van der Waals surface area (Å²) in [6, 6.07) is 5.19. The van der Waals surface area contributed by atoms with Gasteiger partial charge in [-0.15, -0.1) is 11.3 Å². The predicted molar refractivity (Wildman–Crippen MR) is 89.4 cm³/mol. The van der Waals surface area contributed by atoms with Gasteiger partial charge in [0.05, 0.1) is 19.3 Å². The molecule has 122 valence electrons. The smallest absolute Gasteiger partial charge is 0.221 e. The van der Waals surface area contributed by atoms with Crippen LogP contribution >= 0.6 is 11.3 Å². The molecule has 1 aliphatic rings. The van der Waals surface area contributed by atoms with Gasteiger partial charge in [0, 0.05) is 42.9 Å². The normalized spacial score (nSPS) is 17.2. The Morgan fingerprint density at radius 3 is 2.87 bits per heavy atom. The molecule has 2 heterocycles. The van der Waals surface area contributed by atoms with Crippen LogP contribution in [-0.4, -0.2) is 37.2 Å². The van der Waals surface area contributed by atoms with Crippen molar-refractivity contribution in [3.8, 4) is 11.5 Å². The van der Waals surface area contributed by atoms with Crippen molar-refractivity contribution >= 4 is 22.4 Å². The van der Waals surface area contributed by atoms with Crippen LogP contribution in [0.4, 0.5) is 5.13 Å². The zero-order valence-electron chi connectivity index (χ0n) is 13.3. The summed E-state index contributed by atoms with van der Waals surface area (Å²) >= 11 is 1.56. The molecule has 6 nitrogen and oxygen atoms in total. The van der Waals surface area contributed by atoms with E-state index in [9.17, 15) is 9.90 Å². The van der Waals surface area contributed by atoms with Gasteiger partial charge < -0.3 is 20.1 Å². The number of amides is 1. The van der Waals surface area contributed by atoms with Gasteiger partial charge in [-0.1, -0.05) is 6.07 Å². The Balaban J connectivity index is 2.08. The molecule has 1 amide bonds. The Morgan fingerprint density at radius 1 is 1.43 bits per heavy atom. The number of phenols is 1. The van der Waals surface area contributed by atoms with Crippen molar-refractivity contribution in [1.82, 2.24) is 10.3 Å². The maximum absolute atomic E-state index is 12.0. The standard InChI is InChI=1S/C16H19N3O3S/c1-19(2)16-18-12-8-17-14(21)7-11(15(12)23-16)10-5-4-9(22-3)6-13(10)20/h4-6,11,20H,7-8H2,1-3H3,(H,17,21)/t11-/m1/s1. The summed E-state index contributed by atoms with van der Waals surface area (Å²) in [5, 5.41) is 14.1. The lowest BCUT2D eigenvalue weighted by atomic mass is 9.92. The van der Waals surface area contributed by atoms with Gasteiger partial charge in [-0.2, -0.15) is 0 Å². The lowest BCUT2D eigenvalue weighted by Gasteiger charge is -2.16. The van der Waals surface area contributed by atoms with Gasteiger partial charge in [0.15, 0.2) is 5.13 Å². The van der Waals surface area contributed by atoms with Crippen LogP contribution in [-0.2, 0) is 11.3 Å². The fraction of sp³-hybridized carbons (Fsp3) is 0.375. The average molecular weight is 333 g/mol. The summed E-state index contributed by atoms with van der Waals surface area (Å²) < 4.78 is 5.13. The van der Waals surface area contributed by atoms with Crippen LogP contribution in [0.5, 0.6) is 11.5 Å². The number of rotatable bonds is 3. The van der Waals surface area contributed by atoms with Crippen LogP contribution in [0.25, 0.3) is 0 Å². The minimum atomic E-state index is -0.204. The number of hydrogen-bond donors (Lipinski definition) is 2. The van der Waals surface area contributed by atoms with Crippen molar-refractivity contribution < 1.29 is 14.6 Å². The summed E-state index contributed by atoms with van der Waals surface area (Å²) in [5.41, 5.74) is 1.59. The number of nitrogens with zero attached hydrogens (tertiary/aromatic N) is 2. The van der Waals surface area contributed by atoms with E-state index in [1.165, 1.54) is 0 Å². The third-order valence-corrected chi connectivity index (χ3v) is 5.25. The molecular weight excluding hydrogens is 314 g/mol. The van der Waals surface area contributed by atoms with Crippen molar-refractivity contribution in [2.24, 2.45) is 0 Å². The highest BCUT2D eigenvalue weighted by atomic mass is 32.1. The summed E-state index contributed by atoms with van der Waals surface area (Å²) in [4.78, 5) is 19.6. The van der Waals surface area contributed by atoms with Gasteiger partial charge in [0.25, 0.3) is 0 Å². The Kier molecular flexibility index (Phi) is 4.12. The number of benzene rings is 1. The van der Waals surface area contributed by atoms with Crippen LogP contribution in [0.3, 0.4) is 0 Å². The Bertz CT molecular complexity index is 742. The largest absolute Gasteiger partial charge is 0.508 e. The highest BCUT2D eigenvalue weighted by Gasteiger charge is 2.30. The first-order valence-electron chi connectivity index (χ1n) is 7.30. The number of thiazole rings is 1. The van der Waals surface area contributed by atoms with Crippen LogP contribution in [0.15, 0.2) is 18.2 Å². The molecule has 0 fully saturated rings. The molecular formula is C16H19N3O3S. The average Bonchev–Trinajstić information content (AvgIpc) is 2.89. The highest BCUT2D eigenvalue weighted by Crippen LogP contribution is 2.42. The Hall–Kier alpha value is -2.28. The van der Waals surface area contributed by atoms with Gasteiger partial charge in [0.1, 0.15) is 11.5 Å². The van der Waals surface area contributed by atoms with Crippen LogP contribution in [0, 0.1) is 0 Å². The van der Waals surface area contributed by atoms with Gasteiger partial charge in [-0.25, -0.2) is 4.98 Å². The number of nitrogens with one attached hydrogen (secondary N) is 1. The SMILES string of the molecule is COc1ccc([C@H]2CC(=O)NCc3nc(N(C)C)sc32)c(O)c1. The minimum Gasteiger partial charge on any atom is -0.508 e. The number of hydrogen-bond acceptors (Lipinski definition) is 6. The lowest BCUT2D eigenvalue weighted by Crippen LogP contribution is -2.21. The van der Waals surface area contributed by atoms with Gasteiger partial charge in [-0.3, -0.25) is 4.79 Å². The molecule has 0 bridgehead atoms. The molecule has 7 heteroatoms. The number of carbonyl (C=O) groups excluding carboxylic acids is 1. The second kappa shape index (κ2) is 6.08. The summed E-state index contributed by atoms with van der Waals surface area (Å²) in [5.74, 6) is 0.476. The molecule has 0 saturated heterocycles. The predicted octanol–water partition coefficient (Wildman–Crippen LogP) is 2.08. The van der Waals surface area contributed by atoms with Crippen LogP contribution < -0.4 is 15.0 Å². The molecule has 0 radical (unpaired) electrons. The Labute approximate surface area is 138 Å². The van der Waals surface area contributed by atoms with E-state index in [1.807, 2.05) is 25.1 Å². The zero-order chi connectivity index (χ0) is 16.6. The van der Waals surface area contributed by atoms with Gasteiger partial charge >= 0.3 is 0 Å². The molecule has 2 N–H and O–H groups in total. The van der Waals surface area contributed by atoms with Gasteiger partial charge in [0.2, 0.25) is 5.91 Å². The first-order valence-corrected chi connectivity index (χ1v) is 8.11. The second-order valence-corrected chi connectivity index (χ2v) is 6.67. The number of aromatic nitrogens is 1. The number of ether oxygens (including phenoxy) is 1. The highest BCUT2D eigenvalue weighted by molar-refractivity contribution is 7.15. The van der Waals surface area contributed by atoms with Crippen molar-refractivity contribution in [2.75, 3.05) is 26.1 Å². The molecule has 1 aromatic carbocycles. The summed E-state index contributed by atoms with van der Waals surface area (Å²) in [7, 11) is 5.44. The van der Waals surface area contributed by atoms with E-state index in [1.54, 1.807) is 30.6 Å². The van der Waals surface area contributed by atoms with E-state index in [4.69, 9.17) is 4.74 Å². The zero-order valence-corrected chi connectivity index (χ0v) is 14.1. The number of methoxy groups -OCH3 is 1. The first kappa shape index (κ1) is 15.6.